The van der Waals surface area contributed by atoms with E-state index < -0.39 is 30.5 Å². The topological polar surface area (TPSA) is 58.4 Å². The first-order valence-corrected chi connectivity index (χ1v) is 7.44. The van der Waals surface area contributed by atoms with E-state index in [2.05, 4.69) is 5.10 Å². The highest BCUT2D eigenvalue weighted by molar-refractivity contribution is 5.76. The van der Waals surface area contributed by atoms with Crippen LogP contribution in [0.3, 0.4) is 0 Å². The molecule has 128 valence electrons. The highest BCUT2D eigenvalue weighted by Gasteiger charge is 2.63. The average Bonchev–Trinajstić information content (AvgIpc) is 3.16. The Morgan fingerprint density at radius 3 is 2.62 bits per heavy atom. The quantitative estimate of drug-likeness (QED) is 0.930. The van der Waals surface area contributed by atoms with Gasteiger partial charge in [-0.15, -0.1) is 0 Å². The number of para-hydroxylation sites is 1. The van der Waals surface area contributed by atoms with E-state index in [1.54, 1.807) is 29.2 Å². The average molecular weight is 339 g/mol. The molecule has 3 rings (SSSR count). The normalized spacial score (nSPS) is 22.0. The summed E-state index contributed by atoms with van der Waals surface area (Å²) in [5.74, 6) is -1.81. The van der Waals surface area contributed by atoms with Crippen molar-refractivity contribution in [3.05, 3.63) is 48.3 Å². The maximum atomic E-state index is 13.3. The van der Waals surface area contributed by atoms with Crippen molar-refractivity contribution >= 4 is 5.97 Å². The second-order valence-electron chi connectivity index (χ2n) is 5.93. The summed E-state index contributed by atoms with van der Waals surface area (Å²) < 4.78 is 41.4. The molecule has 0 spiro atoms. The zero-order chi connectivity index (χ0) is 17.4. The summed E-state index contributed by atoms with van der Waals surface area (Å²) in [6.45, 7) is -0.223. The Morgan fingerprint density at radius 2 is 2.04 bits per heavy atom. The highest BCUT2D eigenvalue weighted by atomic mass is 19.4. The van der Waals surface area contributed by atoms with Gasteiger partial charge in [-0.1, -0.05) is 18.2 Å². The van der Waals surface area contributed by atoms with E-state index in [4.69, 9.17) is 5.11 Å². The number of hydrogen-bond acceptors (Lipinski definition) is 3. The molecule has 0 saturated carbocycles. The van der Waals surface area contributed by atoms with Gasteiger partial charge in [0.25, 0.3) is 0 Å². The molecule has 0 aliphatic carbocycles. The Balaban J connectivity index is 1.83. The van der Waals surface area contributed by atoms with Crippen molar-refractivity contribution in [1.82, 2.24) is 14.7 Å². The minimum Gasteiger partial charge on any atom is -0.481 e. The predicted octanol–water partition coefficient (Wildman–Crippen LogP) is 2.71. The fraction of sp³-hybridized carbons (Fsp3) is 0.375. The minimum atomic E-state index is -4.77. The molecule has 1 aromatic carbocycles. The van der Waals surface area contributed by atoms with E-state index in [1.807, 2.05) is 18.2 Å². The molecule has 1 aliphatic rings. The molecule has 1 unspecified atom stereocenters. The van der Waals surface area contributed by atoms with Crippen LogP contribution in [0, 0.1) is 5.41 Å². The number of halogens is 3. The molecule has 0 radical (unpaired) electrons. The Morgan fingerprint density at radius 1 is 1.29 bits per heavy atom. The van der Waals surface area contributed by atoms with Crippen LogP contribution in [0.1, 0.15) is 12.0 Å². The molecule has 8 heteroatoms. The number of nitrogens with zero attached hydrogens (tertiary/aromatic N) is 3. The van der Waals surface area contributed by atoms with Crippen LogP contribution in [0.25, 0.3) is 5.69 Å². The van der Waals surface area contributed by atoms with E-state index in [1.165, 1.54) is 4.90 Å². The van der Waals surface area contributed by atoms with Crippen LogP contribution in [0.4, 0.5) is 13.2 Å². The van der Waals surface area contributed by atoms with E-state index in [0.29, 0.717) is 0 Å². The molecule has 1 aliphatic heterocycles. The summed E-state index contributed by atoms with van der Waals surface area (Å²) in [4.78, 5) is 12.8. The van der Waals surface area contributed by atoms with Crippen LogP contribution in [0.15, 0.2) is 42.7 Å². The number of carboxylic acid groups (broad SMARTS) is 1. The number of rotatable bonds is 4. The van der Waals surface area contributed by atoms with Gasteiger partial charge in [0, 0.05) is 32.0 Å². The maximum absolute atomic E-state index is 13.3. The van der Waals surface area contributed by atoms with Crippen LogP contribution in [-0.4, -0.2) is 45.0 Å². The molecule has 1 aromatic heterocycles. The number of benzene rings is 1. The van der Waals surface area contributed by atoms with Gasteiger partial charge in [0.15, 0.2) is 5.41 Å². The second kappa shape index (κ2) is 5.94. The van der Waals surface area contributed by atoms with Crippen LogP contribution < -0.4 is 0 Å². The Bertz CT molecular complexity index is 730. The third-order valence-corrected chi connectivity index (χ3v) is 4.44. The Labute approximate surface area is 136 Å². The van der Waals surface area contributed by atoms with Gasteiger partial charge in [-0.3, -0.25) is 9.69 Å². The van der Waals surface area contributed by atoms with Crippen molar-refractivity contribution in [2.75, 3.05) is 13.1 Å². The molecular formula is C16H16F3N3O2. The number of carbonyl (C=O) groups is 1. The van der Waals surface area contributed by atoms with E-state index in [-0.39, 0.29) is 13.1 Å². The molecule has 0 amide bonds. The number of alkyl halides is 3. The van der Waals surface area contributed by atoms with Crippen molar-refractivity contribution in [2.45, 2.75) is 19.1 Å². The van der Waals surface area contributed by atoms with E-state index in [9.17, 15) is 18.0 Å². The predicted molar refractivity (Wildman–Crippen MR) is 79.6 cm³/mol. The summed E-state index contributed by atoms with van der Waals surface area (Å²) in [5.41, 5.74) is -1.12. The van der Waals surface area contributed by atoms with Gasteiger partial charge in [0.2, 0.25) is 0 Å². The lowest BCUT2D eigenvalue weighted by molar-refractivity contribution is -0.227. The molecule has 1 saturated heterocycles. The third-order valence-electron chi connectivity index (χ3n) is 4.44. The lowest BCUT2D eigenvalue weighted by Crippen LogP contribution is -2.47. The number of hydrogen-bond donors (Lipinski definition) is 1. The van der Waals surface area contributed by atoms with Gasteiger partial charge < -0.3 is 5.11 Å². The molecule has 0 bridgehead atoms. The highest BCUT2D eigenvalue weighted by Crippen LogP contribution is 2.46. The van der Waals surface area contributed by atoms with Gasteiger partial charge in [0.1, 0.15) is 0 Å². The number of likely N-dealkylation sites (tertiary alicyclic amines) is 1. The van der Waals surface area contributed by atoms with Gasteiger partial charge >= 0.3 is 12.1 Å². The lowest BCUT2D eigenvalue weighted by atomic mass is 9.86. The molecule has 1 atom stereocenters. The maximum Gasteiger partial charge on any atom is 0.406 e. The summed E-state index contributed by atoms with van der Waals surface area (Å²) in [6.07, 6.45) is -1.84. The molecule has 1 N–H and O–H groups in total. The molecular weight excluding hydrogens is 323 g/mol. The first-order chi connectivity index (χ1) is 11.3. The second-order valence-corrected chi connectivity index (χ2v) is 5.93. The van der Waals surface area contributed by atoms with Crippen molar-refractivity contribution in [3.63, 3.8) is 0 Å². The SMILES string of the molecule is O=C(O)C1(C(F)(F)F)CCN(Cc2ccccc2-n2cccn2)C1. The van der Waals surface area contributed by atoms with Crippen LogP contribution >= 0.6 is 0 Å². The van der Waals surface area contributed by atoms with Gasteiger partial charge in [-0.05, 0) is 24.1 Å². The van der Waals surface area contributed by atoms with Crippen molar-refractivity contribution < 1.29 is 23.1 Å². The Hall–Kier alpha value is -2.35. The zero-order valence-corrected chi connectivity index (χ0v) is 12.7. The molecule has 5 nitrogen and oxygen atoms in total. The summed E-state index contributed by atoms with van der Waals surface area (Å²) >= 11 is 0. The van der Waals surface area contributed by atoms with E-state index >= 15 is 0 Å². The number of aromatic nitrogens is 2. The zero-order valence-electron chi connectivity index (χ0n) is 12.7. The monoisotopic (exact) mass is 339 g/mol. The molecule has 2 aromatic rings. The van der Waals surface area contributed by atoms with Crippen molar-refractivity contribution in [3.8, 4) is 5.69 Å². The molecule has 2 heterocycles. The van der Waals surface area contributed by atoms with E-state index in [0.717, 1.165) is 11.3 Å². The minimum absolute atomic E-state index is 0.0826. The fourth-order valence-electron chi connectivity index (χ4n) is 3.07. The summed E-state index contributed by atoms with van der Waals surface area (Å²) in [6, 6.07) is 9.01. The fourth-order valence-corrected chi connectivity index (χ4v) is 3.07. The smallest absolute Gasteiger partial charge is 0.406 e. The van der Waals surface area contributed by atoms with Gasteiger partial charge in [-0.25, -0.2) is 4.68 Å². The van der Waals surface area contributed by atoms with Crippen molar-refractivity contribution in [2.24, 2.45) is 5.41 Å². The lowest BCUT2D eigenvalue weighted by Gasteiger charge is -2.27. The summed E-state index contributed by atoms with van der Waals surface area (Å²) in [5, 5.41) is 13.3. The van der Waals surface area contributed by atoms with Crippen LogP contribution in [0.2, 0.25) is 0 Å². The van der Waals surface area contributed by atoms with Gasteiger partial charge in [0.05, 0.1) is 5.69 Å². The Kier molecular flexibility index (Phi) is 4.08. The molecule has 1 fully saturated rings. The van der Waals surface area contributed by atoms with Crippen molar-refractivity contribution in [1.29, 1.82) is 0 Å². The van der Waals surface area contributed by atoms with Crippen LogP contribution in [-0.2, 0) is 11.3 Å². The van der Waals surface area contributed by atoms with Gasteiger partial charge in [-0.2, -0.15) is 18.3 Å². The number of aliphatic carboxylic acids is 1. The summed E-state index contributed by atoms with van der Waals surface area (Å²) in [7, 11) is 0. The first kappa shape index (κ1) is 16.5. The standard InChI is InChI=1S/C16H16F3N3O2/c17-16(18,19)15(14(23)24)6-9-21(11-15)10-12-4-1-2-5-13(12)22-8-3-7-20-22/h1-5,7-8H,6,9-11H2,(H,23,24). The van der Waals surface area contributed by atoms with Crippen LogP contribution in [0.5, 0.6) is 0 Å². The first-order valence-electron chi connectivity index (χ1n) is 7.44. The third kappa shape index (κ3) is 2.77. The molecule has 24 heavy (non-hydrogen) atoms. The number of carboxylic acids is 1. The largest absolute Gasteiger partial charge is 0.481 e.